The molecule has 0 amide bonds. The molecule has 0 saturated heterocycles. The van der Waals surface area contributed by atoms with Gasteiger partial charge < -0.3 is 5.11 Å². The lowest BCUT2D eigenvalue weighted by molar-refractivity contribution is 0.0698. The first-order valence-electron chi connectivity index (χ1n) is 6.24. The number of fused-ring (bicyclic) bond motifs is 1. The van der Waals surface area contributed by atoms with Crippen LogP contribution in [0.3, 0.4) is 0 Å². The highest BCUT2D eigenvalue weighted by atomic mass is 16.4. The van der Waals surface area contributed by atoms with Gasteiger partial charge in [0.15, 0.2) is 0 Å². The van der Waals surface area contributed by atoms with Gasteiger partial charge in [0.25, 0.3) is 0 Å². The molecule has 1 heterocycles. The summed E-state index contributed by atoms with van der Waals surface area (Å²) in [6.45, 7) is 4.00. The summed E-state index contributed by atoms with van der Waals surface area (Å²) in [4.78, 5) is 11.4. The number of aromatic nitrogens is 3. The van der Waals surface area contributed by atoms with Gasteiger partial charge in [-0.2, -0.15) is 0 Å². The van der Waals surface area contributed by atoms with Gasteiger partial charge in [-0.25, -0.2) is 9.48 Å². The van der Waals surface area contributed by atoms with Crippen LogP contribution < -0.4 is 0 Å². The fraction of sp³-hybridized carbons (Fsp3) is 0.133. The van der Waals surface area contributed by atoms with Gasteiger partial charge in [-0.1, -0.05) is 23.4 Å². The number of carboxylic acids is 1. The smallest absolute Gasteiger partial charge is 0.337 e. The van der Waals surface area contributed by atoms with Crippen LogP contribution in [0.15, 0.2) is 36.4 Å². The Hall–Kier alpha value is -2.69. The standard InChI is InChI=1S/C15H13N3O2/c1-9-5-3-8-13(10(9)2)18-14-11(15(19)20)6-4-7-12(14)16-17-18/h3-8H,1-2H3,(H,19,20). The quantitative estimate of drug-likeness (QED) is 0.775. The largest absolute Gasteiger partial charge is 0.478 e. The molecule has 0 fully saturated rings. The van der Waals surface area contributed by atoms with Crippen molar-refractivity contribution >= 4 is 17.0 Å². The van der Waals surface area contributed by atoms with Crippen molar-refractivity contribution < 1.29 is 9.90 Å². The molecule has 0 atom stereocenters. The second-order valence-electron chi connectivity index (χ2n) is 4.70. The maximum Gasteiger partial charge on any atom is 0.337 e. The third-order valence-corrected chi connectivity index (χ3v) is 3.50. The number of aryl methyl sites for hydroxylation is 1. The Morgan fingerprint density at radius 1 is 1.15 bits per heavy atom. The van der Waals surface area contributed by atoms with Gasteiger partial charge in [-0.3, -0.25) is 0 Å². The van der Waals surface area contributed by atoms with Crippen molar-refractivity contribution in [2.45, 2.75) is 13.8 Å². The summed E-state index contributed by atoms with van der Waals surface area (Å²) in [5, 5.41) is 17.5. The Bertz CT molecular complexity index is 821. The SMILES string of the molecule is Cc1cccc(-n2nnc3cccc(C(=O)O)c32)c1C. The summed E-state index contributed by atoms with van der Waals surface area (Å²) in [7, 11) is 0. The molecule has 0 bridgehead atoms. The predicted molar refractivity (Wildman–Crippen MR) is 75.3 cm³/mol. The first kappa shape index (κ1) is 12.3. The number of benzene rings is 2. The zero-order valence-corrected chi connectivity index (χ0v) is 11.2. The van der Waals surface area contributed by atoms with E-state index in [0.29, 0.717) is 11.0 Å². The highest BCUT2D eigenvalue weighted by Crippen LogP contribution is 2.23. The van der Waals surface area contributed by atoms with Gasteiger partial charge in [-0.05, 0) is 43.2 Å². The van der Waals surface area contributed by atoms with Crippen LogP contribution in [0.1, 0.15) is 21.5 Å². The van der Waals surface area contributed by atoms with Crippen LogP contribution in [0.2, 0.25) is 0 Å². The molecular weight excluding hydrogens is 254 g/mol. The topological polar surface area (TPSA) is 68.0 Å². The normalized spacial score (nSPS) is 10.9. The highest BCUT2D eigenvalue weighted by molar-refractivity contribution is 6.01. The molecule has 1 N–H and O–H groups in total. The molecule has 0 spiro atoms. The van der Waals surface area contributed by atoms with Gasteiger partial charge in [-0.15, -0.1) is 5.10 Å². The molecule has 0 aliphatic heterocycles. The summed E-state index contributed by atoms with van der Waals surface area (Å²) >= 11 is 0. The first-order chi connectivity index (χ1) is 9.59. The van der Waals surface area contributed by atoms with E-state index in [0.717, 1.165) is 16.8 Å². The van der Waals surface area contributed by atoms with E-state index >= 15 is 0 Å². The van der Waals surface area contributed by atoms with E-state index in [9.17, 15) is 9.90 Å². The number of hydrogen-bond donors (Lipinski definition) is 1. The maximum absolute atomic E-state index is 11.4. The Labute approximate surface area is 115 Å². The van der Waals surface area contributed by atoms with E-state index in [2.05, 4.69) is 10.3 Å². The Morgan fingerprint density at radius 3 is 2.65 bits per heavy atom. The van der Waals surface area contributed by atoms with Crippen molar-refractivity contribution in [3.05, 3.63) is 53.1 Å². The van der Waals surface area contributed by atoms with Crippen LogP contribution in [0.25, 0.3) is 16.7 Å². The molecule has 0 saturated carbocycles. The van der Waals surface area contributed by atoms with Crippen LogP contribution in [0.5, 0.6) is 0 Å². The van der Waals surface area contributed by atoms with Crippen LogP contribution in [-0.4, -0.2) is 26.1 Å². The zero-order chi connectivity index (χ0) is 14.3. The van der Waals surface area contributed by atoms with Crippen LogP contribution >= 0.6 is 0 Å². The third-order valence-electron chi connectivity index (χ3n) is 3.50. The average Bonchev–Trinajstić information content (AvgIpc) is 2.85. The molecule has 3 aromatic rings. The molecule has 0 unspecified atom stereocenters. The second kappa shape index (κ2) is 4.45. The number of aromatic carboxylic acids is 1. The van der Waals surface area contributed by atoms with E-state index in [1.807, 2.05) is 32.0 Å². The van der Waals surface area contributed by atoms with Crippen molar-refractivity contribution in [1.82, 2.24) is 15.0 Å². The number of carboxylic acid groups (broad SMARTS) is 1. The molecule has 5 nitrogen and oxygen atoms in total. The minimum atomic E-state index is -0.982. The van der Waals surface area contributed by atoms with Crippen molar-refractivity contribution in [1.29, 1.82) is 0 Å². The van der Waals surface area contributed by atoms with E-state index in [1.165, 1.54) is 0 Å². The summed E-state index contributed by atoms with van der Waals surface area (Å²) in [6.07, 6.45) is 0. The predicted octanol–water partition coefficient (Wildman–Crippen LogP) is 2.74. The van der Waals surface area contributed by atoms with E-state index in [-0.39, 0.29) is 5.56 Å². The van der Waals surface area contributed by atoms with Gasteiger partial charge in [0, 0.05) is 0 Å². The molecule has 100 valence electrons. The minimum absolute atomic E-state index is 0.202. The molecule has 0 radical (unpaired) electrons. The number of hydrogen-bond acceptors (Lipinski definition) is 3. The van der Waals surface area contributed by atoms with E-state index in [4.69, 9.17) is 0 Å². The molecule has 5 heteroatoms. The Balaban J connectivity index is 2.38. The Kier molecular flexibility index (Phi) is 2.75. The fourth-order valence-corrected chi connectivity index (χ4v) is 2.28. The highest BCUT2D eigenvalue weighted by Gasteiger charge is 2.16. The van der Waals surface area contributed by atoms with Gasteiger partial charge in [0.1, 0.15) is 11.0 Å². The van der Waals surface area contributed by atoms with Crippen molar-refractivity contribution in [2.75, 3.05) is 0 Å². The van der Waals surface area contributed by atoms with E-state index < -0.39 is 5.97 Å². The van der Waals surface area contributed by atoms with Crippen molar-refractivity contribution in [3.8, 4) is 5.69 Å². The first-order valence-corrected chi connectivity index (χ1v) is 6.24. The van der Waals surface area contributed by atoms with Gasteiger partial charge in [0.05, 0.1) is 11.3 Å². The molecule has 1 aromatic heterocycles. The van der Waals surface area contributed by atoms with Gasteiger partial charge in [0.2, 0.25) is 0 Å². The fourth-order valence-electron chi connectivity index (χ4n) is 2.28. The summed E-state index contributed by atoms with van der Waals surface area (Å²) in [6, 6.07) is 10.8. The van der Waals surface area contributed by atoms with Gasteiger partial charge >= 0.3 is 5.97 Å². The van der Waals surface area contributed by atoms with Crippen LogP contribution in [0, 0.1) is 13.8 Å². The lowest BCUT2D eigenvalue weighted by Crippen LogP contribution is -2.05. The molecule has 3 rings (SSSR count). The number of rotatable bonds is 2. The van der Waals surface area contributed by atoms with Crippen molar-refractivity contribution in [3.63, 3.8) is 0 Å². The van der Waals surface area contributed by atoms with Crippen molar-refractivity contribution in [2.24, 2.45) is 0 Å². The molecule has 0 aliphatic carbocycles. The van der Waals surface area contributed by atoms with Crippen LogP contribution in [0.4, 0.5) is 0 Å². The molecular formula is C15H13N3O2. The maximum atomic E-state index is 11.4. The Morgan fingerprint density at radius 2 is 1.90 bits per heavy atom. The third kappa shape index (κ3) is 1.75. The molecule has 20 heavy (non-hydrogen) atoms. The summed E-state index contributed by atoms with van der Waals surface area (Å²) < 4.78 is 1.60. The monoisotopic (exact) mass is 267 g/mol. The number of carbonyl (C=O) groups is 1. The van der Waals surface area contributed by atoms with Crippen LogP contribution in [-0.2, 0) is 0 Å². The lowest BCUT2D eigenvalue weighted by Gasteiger charge is -2.09. The lowest BCUT2D eigenvalue weighted by atomic mass is 10.1. The number of nitrogens with zero attached hydrogens (tertiary/aromatic N) is 3. The van der Waals surface area contributed by atoms with E-state index in [1.54, 1.807) is 22.9 Å². The second-order valence-corrected chi connectivity index (χ2v) is 4.70. The summed E-state index contributed by atoms with van der Waals surface area (Å²) in [5.74, 6) is -0.982. The average molecular weight is 267 g/mol. The zero-order valence-electron chi connectivity index (χ0n) is 11.2. The molecule has 0 aliphatic rings. The minimum Gasteiger partial charge on any atom is -0.478 e. The molecule has 2 aromatic carbocycles. The number of para-hydroxylation sites is 1. The summed E-state index contributed by atoms with van der Waals surface area (Å²) in [5.41, 5.74) is 4.33.